The van der Waals surface area contributed by atoms with Gasteiger partial charge >= 0.3 is 6.61 Å². The van der Waals surface area contributed by atoms with Crippen molar-refractivity contribution in [2.24, 2.45) is 5.92 Å². The van der Waals surface area contributed by atoms with Crippen LogP contribution in [0.3, 0.4) is 0 Å². The van der Waals surface area contributed by atoms with Gasteiger partial charge in [-0.2, -0.15) is 8.78 Å². The summed E-state index contributed by atoms with van der Waals surface area (Å²) >= 11 is 0. The third kappa shape index (κ3) is 4.44. The van der Waals surface area contributed by atoms with E-state index >= 15 is 0 Å². The summed E-state index contributed by atoms with van der Waals surface area (Å²) in [4.78, 5) is 12.5. The average molecular weight is 311 g/mol. The van der Waals surface area contributed by atoms with Gasteiger partial charge in [-0.05, 0) is 37.0 Å². The lowest BCUT2D eigenvalue weighted by atomic mass is 10.1. The normalized spacial score (nSPS) is 14.9. The number of alkyl halides is 2. The van der Waals surface area contributed by atoms with E-state index in [1.807, 2.05) is 0 Å². The first-order valence-corrected chi connectivity index (χ1v) is 7.06. The predicted molar refractivity (Wildman–Crippen MR) is 79.0 cm³/mol. The molecule has 0 unspecified atom stereocenters. The van der Waals surface area contributed by atoms with Gasteiger partial charge < -0.3 is 14.4 Å². The molecule has 2 rings (SSSR count). The molecule has 1 aliphatic carbocycles. The molecule has 0 aliphatic heterocycles. The second kappa shape index (κ2) is 7.24. The fourth-order valence-electron chi connectivity index (χ4n) is 2.03. The summed E-state index contributed by atoms with van der Waals surface area (Å²) in [5.74, 6) is 0.758. The summed E-state index contributed by atoms with van der Waals surface area (Å²) in [5, 5.41) is 0. The molecule has 4 nitrogen and oxygen atoms in total. The summed E-state index contributed by atoms with van der Waals surface area (Å²) in [6, 6.07) is 4.68. The van der Waals surface area contributed by atoms with Gasteiger partial charge in [0.2, 0.25) is 0 Å². The van der Waals surface area contributed by atoms with Crippen molar-refractivity contribution in [3.63, 3.8) is 0 Å². The number of hydrogen-bond acceptors (Lipinski definition) is 4. The van der Waals surface area contributed by atoms with Crippen LogP contribution in [0.5, 0.6) is 11.5 Å². The summed E-state index contributed by atoms with van der Waals surface area (Å²) in [7, 11) is 3.59. The Morgan fingerprint density at radius 1 is 1.36 bits per heavy atom. The standard InChI is InChI=1S/C16H19F2NO3/c1-19(2)13(7-8-20)12-5-6-14(22-16(17)18)15(9-12)21-10-11-3-4-11/h5-9,11,16H,3-4,10H2,1-2H3. The van der Waals surface area contributed by atoms with Crippen molar-refractivity contribution in [2.45, 2.75) is 19.5 Å². The van der Waals surface area contributed by atoms with Crippen LogP contribution in [0.15, 0.2) is 24.3 Å². The topological polar surface area (TPSA) is 38.8 Å². The maximum atomic E-state index is 12.5. The number of rotatable bonds is 8. The largest absolute Gasteiger partial charge is 0.489 e. The molecule has 1 aliphatic rings. The maximum Gasteiger partial charge on any atom is 0.387 e. The molecule has 0 N–H and O–H groups in total. The fraction of sp³-hybridized carbons (Fsp3) is 0.438. The summed E-state index contributed by atoms with van der Waals surface area (Å²) < 4.78 is 35.1. The molecule has 0 heterocycles. The Balaban J connectivity index is 2.29. The lowest BCUT2D eigenvalue weighted by Crippen LogP contribution is -2.11. The van der Waals surface area contributed by atoms with E-state index in [-0.39, 0.29) is 11.5 Å². The van der Waals surface area contributed by atoms with Crippen LogP contribution in [0, 0.1) is 5.92 Å². The Morgan fingerprint density at radius 2 is 2.09 bits per heavy atom. The third-order valence-electron chi connectivity index (χ3n) is 3.33. The van der Waals surface area contributed by atoms with Gasteiger partial charge in [-0.25, -0.2) is 0 Å². The van der Waals surface area contributed by atoms with Crippen LogP contribution >= 0.6 is 0 Å². The Morgan fingerprint density at radius 3 is 2.64 bits per heavy atom. The second-order valence-corrected chi connectivity index (χ2v) is 5.38. The number of allylic oxidation sites excluding steroid dienone is 1. The number of aldehydes is 1. The molecule has 0 aromatic heterocycles. The van der Waals surface area contributed by atoms with Crippen molar-refractivity contribution in [3.8, 4) is 11.5 Å². The molecule has 120 valence electrons. The summed E-state index contributed by atoms with van der Waals surface area (Å²) in [5.41, 5.74) is 1.36. The van der Waals surface area contributed by atoms with E-state index in [0.29, 0.717) is 30.1 Å². The number of halogens is 2. The van der Waals surface area contributed by atoms with Crippen molar-refractivity contribution >= 4 is 12.0 Å². The number of hydrogen-bond donors (Lipinski definition) is 0. The molecular weight excluding hydrogens is 292 g/mol. The first-order chi connectivity index (χ1) is 10.5. The molecule has 0 radical (unpaired) electrons. The monoisotopic (exact) mass is 311 g/mol. The number of ether oxygens (including phenoxy) is 2. The van der Waals surface area contributed by atoms with Gasteiger partial charge in [0.15, 0.2) is 11.5 Å². The third-order valence-corrected chi connectivity index (χ3v) is 3.33. The Hall–Kier alpha value is -2.11. The van der Waals surface area contributed by atoms with E-state index in [1.54, 1.807) is 31.1 Å². The van der Waals surface area contributed by atoms with Crippen LogP contribution in [-0.4, -0.2) is 38.5 Å². The van der Waals surface area contributed by atoms with Crippen molar-refractivity contribution in [3.05, 3.63) is 29.8 Å². The minimum absolute atomic E-state index is 0.00334. The Bertz CT molecular complexity index is 554. The number of carbonyl (C=O) groups is 1. The SMILES string of the molecule is CN(C)C(=CC=O)c1ccc(OC(F)F)c(OCC2CC2)c1. The van der Waals surface area contributed by atoms with Crippen LogP contribution < -0.4 is 9.47 Å². The summed E-state index contributed by atoms with van der Waals surface area (Å²) in [6.07, 6.45) is 4.29. The zero-order chi connectivity index (χ0) is 16.1. The lowest BCUT2D eigenvalue weighted by Gasteiger charge is -2.19. The smallest absolute Gasteiger partial charge is 0.387 e. The van der Waals surface area contributed by atoms with Gasteiger partial charge in [0.25, 0.3) is 0 Å². The van der Waals surface area contributed by atoms with Crippen LogP contribution in [0.4, 0.5) is 8.78 Å². The molecule has 0 saturated heterocycles. The molecule has 22 heavy (non-hydrogen) atoms. The first-order valence-electron chi connectivity index (χ1n) is 7.06. The van der Waals surface area contributed by atoms with E-state index in [9.17, 15) is 13.6 Å². The Labute approximate surface area is 128 Å². The van der Waals surface area contributed by atoms with Crippen LogP contribution in [0.1, 0.15) is 18.4 Å². The Kier molecular flexibility index (Phi) is 5.35. The number of carbonyl (C=O) groups excluding carboxylic acids is 1. The molecule has 0 bridgehead atoms. The highest BCUT2D eigenvalue weighted by molar-refractivity contribution is 5.81. The van der Waals surface area contributed by atoms with Gasteiger partial charge in [0.05, 0.1) is 6.61 Å². The molecule has 1 aromatic carbocycles. The van der Waals surface area contributed by atoms with E-state index in [4.69, 9.17) is 4.74 Å². The van der Waals surface area contributed by atoms with Gasteiger partial charge in [-0.3, -0.25) is 4.79 Å². The van der Waals surface area contributed by atoms with E-state index in [2.05, 4.69) is 4.74 Å². The van der Waals surface area contributed by atoms with E-state index < -0.39 is 6.61 Å². The quantitative estimate of drug-likeness (QED) is 0.546. The molecule has 1 aromatic rings. The zero-order valence-corrected chi connectivity index (χ0v) is 12.6. The van der Waals surface area contributed by atoms with E-state index in [0.717, 1.165) is 12.8 Å². The van der Waals surface area contributed by atoms with Crippen molar-refractivity contribution in [2.75, 3.05) is 20.7 Å². The fourth-order valence-corrected chi connectivity index (χ4v) is 2.03. The highest BCUT2D eigenvalue weighted by Crippen LogP contribution is 2.35. The van der Waals surface area contributed by atoms with Crippen LogP contribution in [-0.2, 0) is 4.79 Å². The first kappa shape index (κ1) is 16.3. The molecule has 6 heteroatoms. The van der Waals surface area contributed by atoms with Crippen molar-refractivity contribution in [1.29, 1.82) is 0 Å². The van der Waals surface area contributed by atoms with Gasteiger partial charge in [0, 0.05) is 31.4 Å². The summed E-state index contributed by atoms with van der Waals surface area (Å²) in [6.45, 7) is -2.43. The predicted octanol–water partition coefficient (Wildman–Crippen LogP) is 3.18. The average Bonchev–Trinajstić information content (AvgIpc) is 3.27. The highest BCUT2D eigenvalue weighted by atomic mass is 19.3. The van der Waals surface area contributed by atoms with E-state index in [1.165, 1.54) is 12.1 Å². The molecule has 0 spiro atoms. The second-order valence-electron chi connectivity index (χ2n) is 5.38. The number of nitrogens with zero attached hydrogens (tertiary/aromatic N) is 1. The molecule has 1 fully saturated rings. The lowest BCUT2D eigenvalue weighted by molar-refractivity contribution is -0.104. The molecule has 0 atom stereocenters. The molecule has 0 amide bonds. The minimum atomic E-state index is -2.91. The maximum absolute atomic E-state index is 12.5. The molecule has 1 saturated carbocycles. The number of benzene rings is 1. The highest BCUT2D eigenvalue weighted by Gasteiger charge is 2.23. The van der Waals surface area contributed by atoms with Gasteiger partial charge in [-0.15, -0.1) is 0 Å². The minimum Gasteiger partial charge on any atom is -0.489 e. The van der Waals surface area contributed by atoms with Gasteiger partial charge in [0.1, 0.15) is 6.29 Å². The van der Waals surface area contributed by atoms with Crippen molar-refractivity contribution in [1.82, 2.24) is 4.90 Å². The van der Waals surface area contributed by atoms with Crippen LogP contribution in [0.2, 0.25) is 0 Å². The molecular formula is C16H19F2NO3. The van der Waals surface area contributed by atoms with Crippen LogP contribution in [0.25, 0.3) is 5.70 Å². The van der Waals surface area contributed by atoms with Crippen molar-refractivity contribution < 1.29 is 23.0 Å². The van der Waals surface area contributed by atoms with Gasteiger partial charge in [-0.1, -0.05) is 0 Å². The zero-order valence-electron chi connectivity index (χ0n) is 12.6.